The number of anilines is 2. The summed E-state index contributed by atoms with van der Waals surface area (Å²) < 4.78 is 0. The van der Waals surface area contributed by atoms with Crippen LogP contribution in [0.5, 0.6) is 5.75 Å². The molecule has 0 heterocycles. The molecular weight excluding hydrogens is 216 g/mol. The van der Waals surface area contributed by atoms with E-state index in [4.69, 9.17) is 5.73 Å². The van der Waals surface area contributed by atoms with Gasteiger partial charge in [0.15, 0.2) is 0 Å². The second-order valence-electron chi connectivity index (χ2n) is 3.59. The standard InChI is InChI=1S/C13H12N2O2/c14-12-7-6-10(16)8-11(12)13(17)15-9-4-2-1-3-5-9/h1-8,16H,14H2,(H,15,17). The van der Waals surface area contributed by atoms with E-state index >= 15 is 0 Å². The zero-order valence-corrected chi connectivity index (χ0v) is 9.05. The SMILES string of the molecule is Nc1ccc(O)cc1C(=O)Nc1ccccc1. The third-order valence-corrected chi connectivity index (χ3v) is 2.31. The van der Waals surface area contributed by atoms with Crippen LogP contribution in [0.2, 0.25) is 0 Å². The zero-order valence-electron chi connectivity index (χ0n) is 9.05. The van der Waals surface area contributed by atoms with Gasteiger partial charge in [-0.1, -0.05) is 18.2 Å². The normalized spacial score (nSPS) is 9.88. The van der Waals surface area contributed by atoms with Gasteiger partial charge in [-0.05, 0) is 30.3 Å². The van der Waals surface area contributed by atoms with Gasteiger partial charge in [0.25, 0.3) is 5.91 Å². The first-order chi connectivity index (χ1) is 8.16. The van der Waals surface area contributed by atoms with Crippen molar-refractivity contribution in [3.05, 3.63) is 54.1 Å². The van der Waals surface area contributed by atoms with Crippen LogP contribution < -0.4 is 11.1 Å². The monoisotopic (exact) mass is 228 g/mol. The van der Waals surface area contributed by atoms with Gasteiger partial charge in [0.2, 0.25) is 0 Å². The number of phenols is 1. The summed E-state index contributed by atoms with van der Waals surface area (Å²) in [5, 5.41) is 12.0. The summed E-state index contributed by atoms with van der Waals surface area (Å²) in [6.07, 6.45) is 0. The zero-order chi connectivity index (χ0) is 12.3. The molecule has 0 radical (unpaired) electrons. The van der Waals surface area contributed by atoms with Crippen LogP contribution in [0.15, 0.2) is 48.5 Å². The number of nitrogen functional groups attached to an aromatic ring is 1. The number of hydrogen-bond acceptors (Lipinski definition) is 3. The molecule has 2 rings (SSSR count). The van der Waals surface area contributed by atoms with Crippen LogP contribution in [0.1, 0.15) is 10.4 Å². The number of aromatic hydroxyl groups is 1. The van der Waals surface area contributed by atoms with Crippen LogP contribution in [0.3, 0.4) is 0 Å². The molecule has 0 saturated heterocycles. The number of carbonyl (C=O) groups is 1. The summed E-state index contributed by atoms with van der Waals surface area (Å²) in [5.74, 6) is -0.331. The summed E-state index contributed by atoms with van der Waals surface area (Å²) in [4.78, 5) is 11.9. The molecule has 4 nitrogen and oxygen atoms in total. The van der Waals surface area contributed by atoms with E-state index in [0.29, 0.717) is 11.4 Å². The second-order valence-corrected chi connectivity index (χ2v) is 3.59. The molecule has 0 spiro atoms. The Labute approximate surface area is 98.7 Å². The lowest BCUT2D eigenvalue weighted by Gasteiger charge is -2.07. The fraction of sp³-hybridized carbons (Fsp3) is 0. The molecule has 1 amide bonds. The maximum Gasteiger partial charge on any atom is 0.257 e. The molecule has 0 aliphatic heterocycles. The molecular formula is C13H12N2O2. The van der Waals surface area contributed by atoms with E-state index in [-0.39, 0.29) is 17.2 Å². The first-order valence-electron chi connectivity index (χ1n) is 5.12. The molecule has 0 atom stereocenters. The van der Waals surface area contributed by atoms with Gasteiger partial charge in [0, 0.05) is 11.4 Å². The van der Waals surface area contributed by atoms with Crippen molar-refractivity contribution < 1.29 is 9.90 Å². The molecule has 4 N–H and O–H groups in total. The van der Waals surface area contributed by atoms with E-state index in [0.717, 1.165) is 0 Å². The van der Waals surface area contributed by atoms with Crippen molar-refractivity contribution in [2.24, 2.45) is 0 Å². The average Bonchev–Trinajstić information content (AvgIpc) is 2.33. The smallest absolute Gasteiger partial charge is 0.257 e. The Hall–Kier alpha value is -2.49. The minimum atomic E-state index is -0.343. The van der Waals surface area contributed by atoms with Crippen LogP contribution in [-0.2, 0) is 0 Å². The summed E-state index contributed by atoms with van der Waals surface area (Å²) in [7, 11) is 0. The van der Waals surface area contributed by atoms with Gasteiger partial charge in [-0.2, -0.15) is 0 Å². The number of para-hydroxylation sites is 1. The molecule has 86 valence electrons. The topological polar surface area (TPSA) is 75.3 Å². The number of phenolic OH excluding ortho intramolecular Hbond substituents is 1. The van der Waals surface area contributed by atoms with Crippen molar-refractivity contribution in [1.29, 1.82) is 0 Å². The van der Waals surface area contributed by atoms with Gasteiger partial charge >= 0.3 is 0 Å². The predicted molar refractivity (Wildman–Crippen MR) is 66.9 cm³/mol. The maximum absolute atomic E-state index is 11.9. The highest BCUT2D eigenvalue weighted by Crippen LogP contribution is 2.19. The molecule has 2 aromatic carbocycles. The van der Waals surface area contributed by atoms with Crippen molar-refractivity contribution in [2.75, 3.05) is 11.1 Å². The number of nitrogens with one attached hydrogen (secondary N) is 1. The highest BCUT2D eigenvalue weighted by Gasteiger charge is 2.10. The third kappa shape index (κ3) is 2.55. The fourth-order valence-corrected chi connectivity index (χ4v) is 1.46. The lowest BCUT2D eigenvalue weighted by Crippen LogP contribution is -2.13. The summed E-state index contributed by atoms with van der Waals surface area (Å²) in [5.41, 5.74) is 6.94. The molecule has 17 heavy (non-hydrogen) atoms. The number of benzene rings is 2. The van der Waals surface area contributed by atoms with Crippen molar-refractivity contribution in [3.63, 3.8) is 0 Å². The molecule has 0 aliphatic carbocycles. The van der Waals surface area contributed by atoms with Crippen LogP contribution in [0.4, 0.5) is 11.4 Å². The van der Waals surface area contributed by atoms with Crippen molar-refractivity contribution in [3.8, 4) is 5.75 Å². The molecule has 2 aromatic rings. The third-order valence-electron chi connectivity index (χ3n) is 2.31. The molecule has 0 bridgehead atoms. The molecule has 0 fully saturated rings. The number of amides is 1. The average molecular weight is 228 g/mol. The van der Waals surface area contributed by atoms with E-state index < -0.39 is 0 Å². The van der Waals surface area contributed by atoms with Gasteiger partial charge < -0.3 is 16.2 Å². The van der Waals surface area contributed by atoms with Crippen molar-refractivity contribution in [1.82, 2.24) is 0 Å². The van der Waals surface area contributed by atoms with Gasteiger partial charge in [0.1, 0.15) is 5.75 Å². The molecule has 4 heteroatoms. The molecule has 0 aromatic heterocycles. The Morgan fingerprint density at radius 1 is 1.12 bits per heavy atom. The maximum atomic E-state index is 11.9. The Kier molecular flexibility index (Phi) is 2.96. The van der Waals surface area contributed by atoms with E-state index in [1.54, 1.807) is 12.1 Å². The van der Waals surface area contributed by atoms with Gasteiger partial charge in [-0.15, -0.1) is 0 Å². The summed E-state index contributed by atoms with van der Waals surface area (Å²) >= 11 is 0. The highest BCUT2D eigenvalue weighted by molar-refractivity contribution is 6.07. The van der Waals surface area contributed by atoms with Crippen molar-refractivity contribution >= 4 is 17.3 Å². The van der Waals surface area contributed by atoms with Gasteiger partial charge in [0.05, 0.1) is 5.56 Å². The van der Waals surface area contributed by atoms with Crippen molar-refractivity contribution in [2.45, 2.75) is 0 Å². The minimum absolute atomic E-state index is 0.0115. The van der Waals surface area contributed by atoms with E-state index in [1.165, 1.54) is 18.2 Å². The Morgan fingerprint density at radius 2 is 1.82 bits per heavy atom. The summed E-state index contributed by atoms with van der Waals surface area (Å²) in [6, 6.07) is 13.3. The Balaban J connectivity index is 2.23. The lowest BCUT2D eigenvalue weighted by molar-refractivity contribution is 0.102. The number of nitrogens with two attached hydrogens (primary N) is 1. The first kappa shape index (κ1) is 11.0. The van der Waals surface area contributed by atoms with E-state index in [9.17, 15) is 9.90 Å². The van der Waals surface area contributed by atoms with Crippen LogP contribution in [0, 0.1) is 0 Å². The summed E-state index contributed by atoms with van der Waals surface area (Å²) in [6.45, 7) is 0. The quantitative estimate of drug-likeness (QED) is 0.545. The largest absolute Gasteiger partial charge is 0.508 e. The molecule has 0 unspecified atom stereocenters. The minimum Gasteiger partial charge on any atom is -0.508 e. The van der Waals surface area contributed by atoms with E-state index in [2.05, 4.69) is 5.32 Å². The fourth-order valence-electron chi connectivity index (χ4n) is 1.46. The van der Waals surface area contributed by atoms with Crippen LogP contribution in [0.25, 0.3) is 0 Å². The number of hydrogen-bond donors (Lipinski definition) is 3. The molecule has 0 aliphatic rings. The van der Waals surface area contributed by atoms with E-state index in [1.807, 2.05) is 18.2 Å². The predicted octanol–water partition coefficient (Wildman–Crippen LogP) is 2.23. The highest BCUT2D eigenvalue weighted by atomic mass is 16.3. The Bertz CT molecular complexity index is 538. The number of rotatable bonds is 2. The van der Waals surface area contributed by atoms with Crippen LogP contribution >= 0.6 is 0 Å². The second kappa shape index (κ2) is 4.57. The molecule has 0 saturated carbocycles. The first-order valence-corrected chi connectivity index (χ1v) is 5.12. The Morgan fingerprint density at radius 3 is 2.53 bits per heavy atom. The lowest BCUT2D eigenvalue weighted by atomic mass is 10.1. The number of carbonyl (C=O) groups excluding carboxylic acids is 1. The van der Waals surface area contributed by atoms with Gasteiger partial charge in [-0.25, -0.2) is 0 Å². The van der Waals surface area contributed by atoms with Crippen LogP contribution in [-0.4, -0.2) is 11.0 Å². The van der Waals surface area contributed by atoms with Gasteiger partial charge in [-0.3, -0.25) is 4.79 Å².